The van der Waals surface area contributed by atoms with Crippen LogP contribution in [0.15, 0.2) is 72.8 Å². The zero-order valence-electron chi connectivity index (χ0n) is 13.9. The molecule has 0 aromatic heterocycles. The van der Waals surface area contributed by atoms with E-state index in [2.05, 4.69) is 5.32 Å². The molecule has 0 heterocycles. The Morgan fingerprint density at radius 1 is 0.769 bits per heavy atom. The Morgan fingerprint density at radius 3 is 2.23 bits per heavy atom. The molecule has 0 radical (unpaired) electrons. The van der Waals surface area contributed by atoms with Crippen molar-refractivity contribution in [1.29, 1.82) is 0 Å². The normalized spacial score (nSPS) is 13.2. The van der Waals surface area contributed by atoms with Crippen LogP contribution in [-0.4, -0.2) is 5.11 Å². The van der Waals surface area contributed by atoms with Gasteiger partial charge >= 0.3 is 0 Å². The van der Waals surface area contributed by atoms with Gasteiger partial charge in [0.2, 0.25) is 0 Å². The zero-order chi connectivity index (χ0) is 18.5. The summed E-state index contributed by atoms with van der Waals surface area (Å²) in [7, 11) is 0. The van der Waals surface area contributed by atoms with Gasteiger partial charge in [-0.25, -0.2) is 0 Å². The van der Waals surface area contributed by atoms with Crippen molar-refractivity contribution < 1.29 is 5.11 Å². The number of hydrogen-bond acceptors (Lipinski definition) is 2. The van der Waals surface area contributed by atoms with Crippen LogP contribution in [0.2, 0.25) is 15.1 Å². The minimum absolute atomic E-state index is 0.168. The first-order valence-electron chi connectivity index (χ1n) is 8.23. The first-order chi connectivity index (χ1) is 12.5. The van der Waals surface area contributed by atoms with Crippen molar-refractivity contribution in [3.63, 3.8) is 0 Å². The number of nitrogens with one attached hydrogen (secondary N) is 1. The molecule has 3 aromatic rings. The van der Waals surface area contributed by atoms with Gasteiger partial charge in [0, 0.05) is 17.1 Å². The molecule has 0 aliphatic heterocycles. The second-order valence-electron chi connectivity index (χ2n) is 6.04. The van der Waals surface area contributed by atoms with Crippen molar-refractivity contribution in [2.45, 2.75) is 18.6 Å². The molecule has 5 heteroatoms. The highest BCUT2D eigenvalue weighted by molar-refractivity contribution is 6.42. The maximum absolute atomic E-state index is 10.7. The Kier molecular flexibility index (Phi) is 6.44. The average molecular weight is 407 g/mol. The van der Waals surface area contributed by atoms with Gasteiger partial charge in [0.1, 0.15) is 0 Å². The van der Waals surface area contributed by atoms with Crippen molar-refractivity contribution in [2.75, 3.05) is 5.32 Å². The van der Waals surface area contributed by atoms with Gasteiger partial charge < -0.3 is 10.4 Å². The van der Waals surface area contributed by atoms with Gasteiger partial charge in [-0.05, 0) is 41.5 Å². The van der Waals surface area contributed by atoms with E-state index in [9.17, 15) is 5.11 Å². The van der Waals surface area contributed by atoms with Crippen LogP contribution in [0.3, 0.4) is 0 Å². The number of hydrogen-bond donors (Lipinski definition) is 2. The summed E-state index contributed by atoms with van der Waals surface area (Å²) in [4.78, 5) is 0. The predicted molar refractivity (Wildman–Crippen MR) is 110 cm³/mol. The standard InChI is InChI=1S/C21H18Cl3NO/c22-16-7-4-8-17(12-16)25-20(15-9-10-18(23)19(24)11-15)13-21(26)14-5-2-1-3-6-14/h1-12,20-21,25-26H,13H2. The Bertz CT molecular complexity index is 870. The lowest BCUT2D eigenvalue weighted by Crippen LogP contribution is -2.15. The van der Waals surface area contributed by atoms with Crippen molar-refractivity contribution in [2.24, 2.45) is 0 Å². The van der Waals surface area contributed by atoms with Crippen LogP contribution in [0.5, 0.6) is 0 Å². The van der Waals surface area contributed by atoms with E-state index >= 15 is 0 Å². The van der Waals surface area contributed by atoms with Gasteiger partial charge in [-0.1, -0.05) is 77.3 Å². The first kappa shape index (κ1) is 19.1. The minimum Gasteiger partial charge on any atom is -0.388 e. The van der Waals surface area contributed by atoms with Gasteiger partial charge in [0.15, 0.2) is 0 Å². The van der Waals surface area contributed by atoms with Crippen molar-refractivity contribution in [3.8, 4) is 0 Å². The second kappa shape index (κ2) is 8.79. The fourth-order valence-corrected chi connectivity index (χ4v) is 3.32. The Labute approximate surface area is 168 Å². The van der Waals surface area contributed by atoms with Crippen molar-refractivity contribution in [3.05, 3.63) is 99.0 Å². The van der Waals surface area contributed by atoms with Gasteiger partial charge in [-0.2, -0.15) is 0 Å². The van der Waals surface area contributed by atoms with Crippen LogP contribution in [0.4, 0.5) is 5.69 Å². The van der Waals surface area contributed by atoms with E-state index in [0.29, 0.717) is 21.5 Å². The molecule has 2 atom stereocenters. The van der Waals surface area contributed by atoms with Gasteiger partial charge in [-0.15, -0.1) is 0 Å². The lowest BCUT2D eigenvalue weighted by molar-refractivity contribution is 0.160. The highest BCUT2D eigenvalue weighted by atomic mass is 35.5. The van der Waals surface area contributed by atoms with Crippen LogP contribution >= 0.6 is 34.8 Å². The zero-order valence-corrected chi connectivity index (χ0v) is 16.1. The average Bonchev–Trinajstić information content (AvgIpc) is 2.64. The van der Waals surface area contributed by atoms with Crippen LogP contribution in [-0.2, 0) is 0 Å². The number of halogens is 3. The SMILES string of the molecule is OC(CC(Nc1cccc(Cl)c1)c1ccc(Cl)c(Cl)c1)c1ccccc1. The molecule has 0 aliphatic carbocycles. The maximum atomic E-state index is 10.7. The number of aliphatic hydroxyl groups excluding tert-OH is 1. The molecule has 0 bridgehead atoms. The summed E-state index contributed by atoms with van der Waals surface area (Å²) in [6, 6.07) is 22.4. The topological polar surface area (TPSA) is 32.3 Å². The molecule has 2 nitrogen and oxygen atoms in total. The lowest BCUT2D eigenvalue weighted by Gasteiger charge is -2.24. The van der Waals surface area contributed by atoms with Crippen LogP contribution < -0.4 is 5.32 Å². The molecule has 0 saturated carbocycles. The summed E-state index contributed by atoms with van der Waals surface area (Å²) in [6.07, 6.45) is -0.156. The van der Waals surface area contributed by atoms with E-state index in [1.54, 1.807) is 6.07 Å². The summed E-state index contributed by atoms with van der Waals surface area (Å²) in [5, 5.41) is 15.7. The first-order valence-corrected chi connectivity index (χ1v) is 9.36. The molecule has 2 unspecified atom stereocenters. The highest BCUT2D eigenvalue weighted by Gasteiger charge is 2.19. The van der Waals surface area contributed by atoms with E-state index in [1.807, 2.05) is 66.7 Å². The number of benzene rings is 3. The molecule has 0 amide bonds. The van der Waals surface area contributed by atoms with Crippen LogP contribution in [0, 0.1) is 0 Å². The van der Waals surface area contributed by atoms with Crippen molar-refractivity contribution >= 4 is 40.5 Å². The maximum Gasteiger partial charge on any atom is 0.0812 e. The molecular formula is C21H18Cl3NO. The summed E-state index contributed by atoms with van der Waals surface area (Å²) < 4.78 is 0. The molecule has 0 fully saturated rings. The van der Waals surface area contributed by atoms with Gasteiger partial charge in [0.05, 0.1) is 22.2 Å². The molecule has 0 aliphatic rings. The number of anilines is 1. The van der Waals surface area contributed by atoms with Gasteiger partial charge in [0.25, 0.3) is 0 Å². The summed E-state index contributed by atoms with van der Waals surface area (Å²) in [5.74, 6) is 0. The Morgan fingerprint density at radius 2 is 1.54 bits per heavy atom. The molecular weight excluding hydrogens is 389 g/mol. The summed E-state index contributed by atoms with van der Waals surface area (Å²) in [5.41, 5.74) is 2.67. The molecule has 3 aromatic carbocycles. The third kappa shape index (κ3) is 4.93. The van der Waals surface area contributed by atoms with Crippen LogP contribution in [0.1, 0.15) is 29.7 Å². The summed E-state index contributed by atoms with van der Waals surface area (Å²) >= 11 is 18.3. The monoisotopic (exact) mass is 405 g/mol. The smallest absolute Gasteiger partial charge is 0.0812 e. The second-order valence-corrected chi connectivity index (χ2v) is 7.29. The fraction of sp³-hybridized carbons (Fsp3) is 0.143. The molecule has 26 heavy (non-hydrogen) atoms. The predicted octanol–water partition coefficient (Wildman–Crippen LogP) is 6.92. The third-order valence-electron chi connectivity index (χ3n) is 4.15. The fourth-order valence-electron chi connectivity index (χ4n) is 2.82. The van der Waals surface area contributed by atoms with E-state index in [4.69, 9.17) is 34.8 Å². The van der Waals surface area contributed by atoms with Crippen molar-refractivity contribution in [1.82, 2.24) is 0 Å². The molecule has 134 valence electrons. The van der Waals surface area contributed by atoms with E-state index < -0.39 is 6.10 Å². The molecule has 2 N–H and O–H groups in total. The molecule has 0 spiro atoms. The lowest BCUT2D eigenvalue weighted by atomic mass is 9.96. The van der Waals surface area contributed by atoms with Gasteiger partial charge in [-0.3, -0.25) is 0 Å². The highest BCUT2D eigenvalue weighted by Crippen LogP contribution is 2.33. The quantitative estimate of drug-likeness (QED) is 0.465. The largest absolute Gasteiger partial charge is 0.388 e. The minimum atomic E-state index is -0.623. The van der Waals surface area contributed by atoms with E-state index in [-0.39, 0.29) is 6.04 Å². The number of rotatable bonds is 6. The Hall–Kier alpha value is -1.71. The van der Waals surface area contributed by atoms with Crippen LogP contribution in [0.25, 0.3) is 0 Å². The molecule has 0 saturated heterocycles. The van der Waals surface area contributed by atoms with E-state index in [1.165, 1.54) is 0 Å². The third-order valence-corrected chi connectivity index (χ3v) is 5.13. The Balaban J connectivity index is 1.88. The number of aliphatic hydroxyl groups is 1. The summed E-state index contributed by atoms with van der Waals surface area (Å²) in [6.45, 7) is 0. The molecule has 3 rings (SSSR count). The van der Waals surface area contributed by atoms with E-state index in [0.717, 1.165) is 16.8 Å².